The van der Waals surface area contributed by atoms with Gasteiger partial charge in [-0.2, -0.15) is 0 Å². The summed E-state index contributed by atoms with van der Waals surface area (Å²) in [6.45, 7) is 2.07. The van der Waals surface area contributed by atoms with Crippen molar-refractivity contribution < 1.29 is 13.5 Å². The van der Waals surface area contributed by atoms with Crippen molar-refractivity contribution in [3.05, 3.63) is 65.2 Å². The minimum absolute atomic E-state index is 0.108. The van der Waals surface area contributed by atoms with E-state index in [1.807, 2.05) is 31.2 Å². The van der Waals surface area contributed by atoms with Gasteiger partial charge in [-0.15, -0.1) is 0 Å². The molecule has 0 saturated heterocycles. The monoisotopic (exact) mass is 277 g/mol. The summed E-state index contributed by atoms with van der Waals surface area (Å²) in [5.74, 6) is -0.546. The zero-order valence-electron chi connectivity index (χ0n) is 11.3. The highest BCUT2D eigenvalue weighted by molar-refractivity contribution is 5.28. The molecular weight excluding hydrogens is 260 g/mol. The summed E-state index contributed by atoms with van der Waals surface area (Å²) < 4.78 is 31.5. The fourth-order valence-corrected chi connectivity index (χ4v) is 1.95. The van der Waals surface area contributed by atoms with Crippen LogP contribution < -0.4 is 10.5 Å². The van der Waals surface area contributed by atoms with E-state index >= 15 is 0 Å². The summed E-state index contributed by atoms with van der Waals surface area (Å²) in [5.41, 5.74) is 7.31. The predicted octanol–water partition coefficient (Wildman–Crippen LogP) is 3.43. The number of nitrogens with two attached hydrogens (primary N) is 1. The van der Waals surface area contributed by atoms with Gasteiger partial charge in [-0.3, -0.25) is 0 Å². The number of hydrogen-bond acceptors (Lipinski definition) is 2. The van der Waals surface area contributed by atoms with Crippen LogP contribution in [0.15, 0.2) is 42.5 Å². The third-order valence-corrected chi connectivity index (χ3v) is 2.81. The molecule has 0 saturated carbocycles. The lowest BCUT2D eigenvalue weighted by Crippen LogP contribution is -2.17. The second-order valence-corrected chi connectivity index (χ2v) is 4.89. The van der Waals surface area contributed by atoms with Crippen LogP contribution in [0.5, 0.6) is 5.75 Å². The average Bonchev–Trinajstić information content (AvgIpc) is 2.36. The lowest BCUT2D eigenvalue weighted by molar-refractivity contribution is 0.304. The summed E-state index contributed by atoms with van der Waals surface area (Å²) in [7, 11) is 0. The molecule has 0 radical (unpaired) electrons. The second-order valence-electron chi connectivity index (χ2n) is 4.89. The van der Waals surface area contributed by atoms with E-state index in [1.54, 1.807) is 0 Å². The maximum Gasteiger partial charge on any atom is 0.126 e. The molecule has 0 aromatic heterocycles. The van der Waals surface area contributed by atoms with Crippen molar-refractivity contribution in [3.8, 4) is 5.75 Å². The molecule has 0 amide bonds. The van der Waals surface area contributed by atoms with Crippen LogP contribution in [0.4, 0.5) is 8.78 Å². The Morgan fingerprint density at radius 1 is 1.00 bits per heavy atom. The Kier molecular flexibility index (Phi) is 4.69. The van der Waals surface area contributed by atoms with Crippen LogP contribution >= 0.6 is 0 Å². The van der Waals surface area contributed by atoms with Crippen LogP contribution in [0.1, 0.15) is 18.1 Å². The van der Waals surface area contributed by atoms with Gasteiger partial charge in [0.05, 0.1) is 0 Å². The lowest BCUT2D eigenvalue weighted by Gasteiger charge is -2.09. The highest BCUT2D eigenvalue weighted by Gasteiger charge is 2.03. The van der Waals surface area contributed by atoms with E-state index in [2.05, 4.69) is 0 Å². The summed E-state index contributed by atoms with van der Waals surface area (Å²) in [5, 5.41) is 0. The normalized spacial score (nSPS) is 12.2. The van der Waals surface area contributed by atoms with E-state index in [-0.39, 0.29) is 12.6 Å². The minimum atomic E-state index is -0.601. The first-order chi connectivity index (χ1) is 9.52. The maximum atomic E-state index is 13.0. The highest BCUT2D eigenvalue weighted by Crippen LogP contribution is 2.16. The molecule has 20 heavy (non-hydrogen) atoms. The van der Waals surface area contributed by atoms with E-state index in [0.29, 0.717) is 11.3 Å². The summed E-state index contributed by atoms with van der Waals surface area (Å²) >= 11 is 0. The first-order valence-corrected chi connectivity index (χ1v) is 6.45. The number of ether oxygens (including phenoxy) is 1. The molecule has 106 valence electrons. The molecule has 0 fully saturated rings. The van der Waals surface area contributed by atoms with Gasteiger partial charge in [0, 0.05) is 12.1 Å². The number of hydrogen-bond donors (Lipinski definition) is 1. The molecule has 0 aliphatic heterocycles. The van der Waals surface area contributed by atoms with Gasteiger partial charge in [-0.1, -0.05) is 12.1 Å². The van der Waals surface area contributed by atoms with Gasteiger partial charge in [-0.05, 0) is 48.7 Å². The molecule has 2 aromatic rings. The van der Waals surface area contributed by atoms with E-state index in [9.17, 15) is 8.78 Å². The van der Waals surface area contributed by atoms with Crippen molar-refractivity contribution in [2.45, 2.75) is 26.0 Å². The SMILES string of the molecule is CC(N)Cc1ccc(OCc2cc(F)cc(F)c2)cc1. The van der Waals surface area contributed by atoms with Gasteiger partial charge in [0.25, 0.3) is 0 Å². The molecule has 4 heteroatoms. The molecule has 2 rings (SSSR count). The predicted molar refractivity (Wildman–Crippen MR) is 74.5 cm³/mol. The molecule has 0 bridgehead atoms. The van der Waals surface area contributed by atoms with Gasteiger partial charge >= 0.3 is 0 Å². The van der Waals surface area contributed by atoms with E-state index < -0.39 is 11.6 Å². The van der Waals surface area contributed by atoms with Crippen molar-refractivity contribution in [3.63, 3.8) is 0 Å². The van der Waals surface area contributed by atoms with Crippen molar-refractivity contribution in [2.24, 2.45) is 5.73 Å². The molecule has 0 heterocycles. The summed E-state index contributed by atoms with van der Waals surface area (Å²) in [6, 6.07) is 11.0. The Morgan fingerprint density at radius 2 is 1.60 bits per heavy atom. The Labute approximate surface area is 117 Å². The maximum absolute atomic E-state index is 13.0. The molecule has 2 N–H and O–H groups in total. The first kappa shape index (κ1) is 14.5. The molecule has 2 nitrogen and oxygen atoms in total. The minimum Gasteiger partial charge on any atom is -0.489 e. The van der Waals surface area contributed by atoms with Crippen LogP contribution in [0.25, 0.3) is 0 Å². The van der Waals surface area contributed by atoms with Gasteiger partial charge < -0.3 is 10.5 Å². The summed E-state index contributed by atoms with van der Waals surface area (Å²) in [4.78, 5) is 0. The van der Waals surface area contributed by atoms with Gasteiger partial charge in [0.2, 0.25) is 0 Å². The zero-order valence-corrected chi connectivity index (χ0v) is 11.3. The van der Waals surface area contributed by atoms with Crippen LogP contribution in [0.3, 0.4) is 0 Å². The number of halogens is 2. The molecule has 0 aliphatic carbocycles. The molecule has 0 spiro atoms. The molecule has 1 atom stereocenters. The molecule has 2 aromatic carbocycles. The van der Waals surface area contributed by atoms with Crippen LogP contribution in [0, 0.1) is 11.6 Å². The number of rotatable bonds is 5. The van der Waals surface area contributed by atoms with Crippen LogP contribution in [-0.4, -0.2) is 6.04 Å². The highest BCUT2D eigenvalue weighted by atomic mass is 19.1. The van der Waals surface area contributed by atoms with Crippen molar-refractivity contribution in [1.29, 1.82) is 0 Å². The summed E-state index contributed by atoms with van der Waals surface area (Å²) in [6.07, 6.45) is 0.801. The van der Waals surface area contributed by atoms with Crippen LogP contribution in [0.2, 0.25) is 0 Å². The fourth-order valence-electron chi connectivity index (χ4n) is 1.95. The van der Waals surface area contributed by atoms with Crippen molar-refractivity contribution in [2.75, 3.05) is 0 Å². The molecule has 1 unspecified atom stereocenters. The molecular formula is C16H17F2NO. The Balaban J connectivity index is 1.96. The Bertz CT molecular complexity index is 547. The number of benzene rings is 2. The van der Waals surface area contributed by atoms with E-state index in [4.69, 9.17) is 10.5 Å². The van der Waals surface area contributed by atoms with Crippen molar-refractivity contribution >= 4 is 0 Å². The Hall–Kier alpha value is -1.94. The average molecular weight is 277 g/mol. The van der Waals surface area contributed by atoms with Gasteiger partial charge in [0.1, 0.15) is 24.0 Å². The quantitative estimate of drug-likeness (QED) is 0.908. The Morgan fingerprint density at radius 3 is 2.15 bits per heavy atom. The molecule has 0 aliphatic rings. The van der Waals surface area contributed by atoms with Gasteiger partial charge in [-0.25, -0.2) is 8.78 Å². The third kappa shape index (κ3) is 4.31. The smallest absolute Gasteiger partial charge is 0.126 e. The standard InChI is InChI=1S/C16H17F2NO/c1-11(19)6-12-2-4-16(5-3-12)20-10-13-7-14(17)9-15(18)8-13/h2-5,7-9,11H,6,10,19H2,1H3. The second kappa shape index (κ2) is 6.48. The van der Waals surface area contributed by atoms with Crippen LogP contribution in [-0.2, 0) is 13.0 Å². The largest absolute Gasteiger partial charge is 0.489 e. The third-order valence-electron chi connectivity index (χ3n) is 2.81. The zero-order chi connectivity index (χ0) is 14.5. The van der Waals surface area contributed by atoms with Gasteiger partial charge in [0.15, 0.2) is 0 Å². The van der Waals surface area contributed by atoms with Crippen molar-refractivity contribution in [1.82, 2.24) is 0 Å². The van der Waals surface area contributed by atoms with E-state index in [0.717, 1.165) is 18.1 Å². The first-order valence-electron chi connectivity index (χ1n) is 6.45. The fraction of sp³-hybridized carbons (Fsp3) is 0.250. The van der Waals surface area contributed by atoms with E-state index in [1.165, 1.54) is 12.1 Å². The lowest BCUT2D eigenvalue weighted by atomic mass is 10.1. The topological polar surface area (TPSA) is 35.2 Å².